The van der Waals surface area contributed by atoms with Crippen molar-refractivity contribution in [2.75, 3.05) is 7.11 Å². The number of carboxylic acids is 1. The minimum atomic E-state index is -0.763. The summed E-state index contributed by atoms with van der Waals surface area (Å²) in [7, 11) is 1.58. The van der Waals surface area contributed by atoms with Crippen LogP contribution in [0, 0.1) is 11.7 Å². The molecule has 0 unspecified atom stereocenters. The lowest BCUT2D eigenvalue weighted by molar-refractivity contribution is -0.138. The van der Waals surface area contributed by atoms with Crippen molar-refractivity contribution in [2.45, 2.75) is 64.4 Å². The van der Waals surface area contributed by atoms with Crippen molar-refractivity contribution in [1.82, 2.24) is 0 Å². The molecule has 1 fully saturated rings. The summed E-state index contributed by atoms with van der Waals surface area (Å²) >= 11 is 0. The normalized spacial score (nSPS) is 14.7. The maximum atomic E-state index is 14.8. The average molecular weight is 491 g/mol. The summed E-state index contributed by atoms with van der Waals surface area (Å²) in [5, 5.41) is 9.42. The van der Waals surface area contributed by atoms with Crippen molar-refractivity contribution in [3.05, 3.63) is 83.2 Å². The molecule has 0 spiro atoms. The first-order valence-electron chi connectivity index (χ1n) is 12.6. The molecule has 5 heteroatoms. The quantitative estimate of drug-likeness (QED) is 0.333. The molecule has 1 aliphatic rings. The number of benzene rings is 3. The predicted molar refractivity (Wildman–Crippen MR) is 140 cm³/mol. The number of rotatable bonds is 9. The Labute approximate surface area is 213 Å². The molecule has 4 nitrogen and oxygen atoms in total. The first kappa shape index (κ1) is 25.7. The molecule has 0 aliphatic heterocycles. The molecule has 0 heterocycles. The summed E-state index contributed by atoms with van der Waals surface area (Å²) in [5.41, 5.74) is 4.17. The third-order valence-electron chi connectivity index (χ3n) is 7.16. The van der Waals surface area contributed by atoms with Gasteiger partial charge in [0.15, 0.2) is 0 Å². The first-order valence-corrected chi connectivity index (χ1v) is 12.6. The summed E-state index contributed by atoms with van der Waals surface area (Å²) in [6.45, 7) is 6.70. The van der Waals surface area contributed by atoms with Crippen molar-refractivity contribution in [3.8, 4) is 22.6 Å². The highest BCUT2D eigenvalue weighted by Crippen LogP contribution is 2.42. The van der Waals surface area contributed by atoms with E-state index in [1.807, 2.05) is 36.4 Å². The van der Waals surface area contributed by atoms with E-state index in [0.717, 1.165) is 40.8 Å². The number of methoxy groups -OCH3 is 1. The molecule has 3 aromatic rings. The molecule has 1 N–H and O–H groups in total. The summed E-state index contributed by atoms with van der Waals surface area (Å²) in [5.74, 6) is 0.730. The molecule has 0 bridgehead atoms. The molecule has 1 aliphatic carbocycles. The number of hydrogen-bond acceptors (Lipinski definition) is 3. The van der Waals surface area contributed by atoms with Crippen LogP contribution in [0.1, 0.15) is 69.1 Å². The van der Waals surface area contributed by atoms with E-state index in [1.54, 1.807) is 19.2 Å². The van der Waals surface area contributed by atoms with Gasteiger partial charge < -0.3 is 14.6 Å². The highest BCUT2D eigenvalue weighted by atomic mass is 19.1. The Kier molecular flexibility index (Phi) is 7.67. The van der Waals surface area contributed by atoms with Crippen LogP contribution in [0.2, 0.25) is 0 Å². The van der Waals surface area contributed by atoms with Crippen LogP contribution in [-0.4, -0.2) is 18.2 Å². The van der Waals surface area contributed by atoms with Gasteiger partial charge in [0.25, 0.3) is 0 Å². The average Bonchev–Trinajstić information content (AvgIpc) is 2.81. The molecule has 0 radical (unpaired) electrons. The van der Waals surface area contributed by atoms with Crippen LogP contribution in [-0.2, 0) is 16.8 Å². The molecule has 0 saturated heterocycles. The summed E-state index contributed by atoms with van der Waals surface area (Å²) < 4.78 is 26.3. The number of carboxylic acid groups (broad SMARTS) is 1. The van der Waals surface area contributed by atoms with Crippen molar-refractivity contribution in [3.63, 3.8) is 0 Å². The van der Waals surface area contributed by atoms with Gasteiger partial charge in [-0.15, -0.1) is 0 Å². The largest absolute Gasteiger partial charge is 0.497 e. The standard InChI is InChI=1S/C31H35FO4/c1-31(2,3)28-15-20(11-13-25(28)27-17-23(35-4)12-14-29(27)32)19-36-24-10-6-9-22(16-24)26(18-30(33)34)21-7-5-8-21/h6,9-17,21,26H,5,7-8,18-19H2,1-4H3,(H,33,34)/t26-/m1/s1. The lowest BCUT2D eigenvalue weighted by Crippen LogP contribution is -2.22. The predicted octanol–water partition coefficient (Wildman–Crippen LogP) is 7.74. The molecule has 3 aromatic carbocycles. The first-order chi connectivity index (χ1) is 17.2. The van der Waals surface area contributed by atoms with Crippen LogP contribution in [0.5, 0.6) is 11.5 Å². The molecule has 0 amide bonds. The fraction of sp³-hybridized carbons (Fsp3) is 0.387. The number of halogens is 1. The second kappa shape index (κ2) is 10.7. The van der Waals surface area contributed by atoms with Gasteiger partial charge in [0.1, 0.15) is 23.9 Å². The third kappa shape index (κ3) is 5.89. The second-order valence-corrected chi connectivity index (χ2v) is 10.7. The van der Waals surface area contributed by atoms with E-state index in [-0.39, 0.29) is 23.6 Å². The Morgan fingerprint density at radius 3 is 2.44 bits per heavy atom. The molecule has 1 saturated carbocycles. The topological polar surface area (TPSA) is 55.8 Å². The van der Waals surface area contributed by atoms with Gasteiger partial charge in [-0.1, -0.05) is 57.5 Å². The van der Waals surface area contributed by atoms with Crippen molar-refractivity contribution >= 4 is 5.97 Å². The van der Waals surface area contributed by atoms with Crippen molar-refractivity contribution < 1.29 is 23.8 Å². The molecule has 190 valence electrons. The van der Waals surface area contributed by atoms with E-state index in [9.17, 15) is 14.3 Å². The fourth-order valence-corrected chi connectivity index (χ4v) is 4.96. The zero-order chi connectivity index (χ0) is 25.9. The van der Waals surface area contributed by atoms with E-state index in [0.29, 0.717) is 23.8 Å². The summed E-state index contributed by atoms with van der Waals surface area (Å²) in [6.07, 6.45) is 3.48. The minimum Gasteiger partial charge on any atom is -0.497 e. The second-order valence-electron chi connectivity index (χ2n) is 10.7. The molecule has 36 heavy (non-hydrogen) atoms. The monoisotopic (exact) mass is 490 g/mol. The minimum absolute atomic E-state index is 0.0179. The Balaban J connectivity index is 1.57. The maximum Gasteiger partial charge on any atom is 0.303 e. The van der Waals surface area contributed by atoms with E-state index >= 15 is 0 Å². The van der Waals surface area contributed by atoms with E-state index < -0.39 is 5.97 Å². The molecule has 4 rings (SSSR count). The zero-order valence-electron chi connectivity index (χ0n) is 21.5. The van der Waals surface area contributed by atoms with Crippen LogP contribution >= 0.6 is 0 Å². The number of ether oxygens (including phenoxy) is 2. The van der Waals surface area contributed by atoms with E-state index in [4.69, 9.17) is 9.47 Å². The highest BCUT2D eigenvalue weighted by Gasteiger charge is 2.30. The van der Waals surface area contributed by atoms with Gasteiger partial charge in [-0.25, -0.2) is 4.39 Å². The summed E-state index contributed by atoms with van der Waals surface area (Å²) in [6, 6.07) is 18.6. The lowest BCUT2D eigenvalue weighted by atomic mass is 9.72. The van der Waals surface area contributed by atoms with Gasteiger partial charge in [-0.3, -0.25) is 4.79 Å². The molecule has 1 atom stereocenters. The van der Waals surface area contributed by atoms with Crippen molar-refractivity contribution in [1.29, 1.82) is 0 Å². The number of aliphatic carboxylic acids is 1. The molecular weight excluding hydrogens is 455 g/mol. The highest BCUT2D eigenvalue weighted by molar-refractivity contribution is 5.71. The number of carbonyl (C=O) groups is 1. The molecular formula is C31H35FO4. The van der Waals surface area contributed by atoms with Gasteiger partial charge in [0.05, 0.1) is 13.5 Å². The van der Waals surface area contributed by atoms with Gasteiger partial charge in [0, 0.05) is 5.56 Å². The van der Waals surface area contributed by atoms with Gasteiger partial charge in [-0.2, -0.15) is 0 Å². The van der Waals surface area contributed by atoms with Gasteiger partial charge in [0.2, 0.25) is 0 Å². The lowest BCUT2D eigenvalue weighted by Gasteiger charge is -2.33. The van der Waals surface area contributed by atoms with E-state index in [2.05, 4.69) is 26.8 Å². The Morgan fingerprint density at radius 2 is 1.81 bits per heavy atom. The fourth-order valence-electron chi connectivity index (χ4n) is 4.96. The van der Waals surface area contributed by atoms with Crippen LogP contribution < -0.4 is 9.47 Å². The Morgan fingerprint density at radius 1 is 1.03 bits per heavy atom. The Hall–Kier alpha value is -3.34. The zero-order valence-corrected chi connectivity index (χ0v) is 21.5. The van der Waals surface area contributed by atoms with Crippen LogP contribution in [0.25, 0.3) is 11.1 Å². The van der Waals surface area contributed by atoms with Crippen molar-refractivity contribution in [2.24, 2.45) is 5.92 Å². The van der Waals surface area contributed by atoms with Crippen LogP contribution in [0.3, 0.4) is 0 Å². The number of hydrogen-bond donors (Lipinski definition) is 1. The maximum absolute atomic E-state index is 14.8. The van der Waals surface area contributed by atoms with Gasteiger partial charge >= 0.3 is 5.97 Å². The third-order valence-corrected chi connectivity index (χ3v) is 7.16. The van der Waals surface area contributed by atoms with Crippen LogP contribution in [0.15, 0.2) is 60.7 Å². The van der Waals surface area contributed by atoms with Gasteiger partial charge in [-0.05, 0) is 82.7 Å². The smallest absolute Gasteiger partial charge is 0.303 e. The summed E-state index contributed by atoms with van der Waals surface area (Å²) in [4.78, 5) is 11.5. The Bertz CT molecular complexity index is 1220. The SMILES string of the molecule is COc1ccc(F)c(-c2ccc(COc3cccc([C@H](CC(=O)O)C4CCC4)c3)cc2C(C)(C)C)c1. The van der Waals surface area contributed by atoms with E-state index in [1.165, 1.54) is 12.5 Å². The molecule has 0 aromatic heterocycles. The van der Waals surface area contributed by atoms with Crippen LogP contribution in [0.4, 0.5) is 4.39 Å².